The normalized spacial score (nSPS) is 23.5. The van der Waals surface area contributed by atoms with Gasteiger partial charge in [0.25, 0.3) is 0 Å². The predicted octanol–water partition coefficient (Wildman–Crippen LogP) is 1.33. The molecule has 0 unspecified atom stereocenters. The van der Waals surface area contributed by atoms with Gasteiger partial charge in [-0.25, -0.2) is 9.98 Å². The summed E-state index contributed by atoms with van der Waals surface area (Å²) in [6.07, 6.45) is 2.03. The molecule has 0 spiro atoms. The van der Waals surface area contributed by atoms with E-state index < -0.39 is 0 Å². The highest BCUT2D eigenvalue weighted by Gasteiger charge is 2.19. The number of hydrogen-bond donors (Lipinski definition) is 1. The smallest absolute Gasteiger partial charge is 0.215 e. The zero-order valence-electron chi connectivity index (χ0n) is 7.39. The van der Waals surface area contributed by atoms with E-state index in [0.717, 1.165) is 18.6 Å². The summed E-state index contributed by atoms with van der Waals surface area (Å²) < 4.78 is 0. The summed E-state index contributed by atoms with van der Waals surface area (Å²) in [5.41, 5.74) is 6.61. The summed E-state index contributed by atoms with van der Waals surface area (Å²) in [5, 5.41) is 0. The van der Waals surface area contributed by atoms with Gasteiger partial charge in [-0.2, -0.15) is 0 Å². The first-order valence-electron chi connectivity index (χ1n) is 3.89. The molecule has 0 amide bonds. The van der Waals surface area contributed by atoms with Crippen molar-refractivity contribution in [2.24, 2.45) is 15.7 Å². The molecule has 0 aromatic rings. The number of guanidine groups is 1. The van der Waals surface area contributed by atoms with Gasteiger partial charge in [-0.05, 0) is 33.6 Å². The maximum Gasteiger partial charge on any atom is 0.215 e. The Morgan fingerprint density at radius 2 is 2.09 bits per heavy atom. The summed E-state index contributed by atoms with van der Waals surface area (Å²) in [6, 6.07) is 0. The van der Waals surface area contributed by atoms with E-state index >= 15 is 0 Å². The number of rotatable bonds is 0. The Bertz CT molecular complexity index is 213. The van der Waals surface area contributed by atoms with E-state index in [9.17, 15) is 0 Å². The van der Waals surface area contributed by atoms with Gasteiger partial charge in [0.2, 0.25) is 5.96 Å². The van der Waals surface area contributed by atoms with Gasteiger partial charge in [0.1, 0.15) is 0 Å². The molecule has 3 heteroatoms. The van der Waals surface area contributed by atoms with Gasteiger partial charge in [0.05, 0.1) is 5.54 Å². The molecule has 2 N–H and O–H groups in total. The average Bonchev–Trinajstić information content (AvgIpc) is 1.90. The Morgan fingerprint density at radius 3 is 2.73 bits per heavy atom. The van der Waals surface area contributed by atoms with Crippen molar-refractivity contribution >= 4 is 11.7 Å². The number of nitrogens with zero attached hydrogens (tertiary/aromatic N) is 2. The van der Waals surface area contributed by atoms with Crippen molar-refractivity contribution in [3.8, 4) is 0 Å². The van der Waals surface area contributed by atoms with Crippen molar-refractivity contribution in [1.82, 2.24) is 0 Å². The fraction of sp³-hybridized carbons (Fsp3) is 0.750. The van der Waals surface area contributed by atoms with Crippen molar-refractivity contribution in [3.63, 3.8) is 0 Å². The van der Waals surface area contributed by atoms with Crippen LogP contribution in [0.15, 0.2) is 9.98 Å². The van der Waals surface area contributed by atoms with Gasteiger partial charge in [0.15, 0.2) is 0 Å². The first kappa shape index (κ1) is 8.24. The number of nitrogens with two attached hydrogens (primary N) is 1. The lowest BCUT2D eigenvalue weighted by molar-refractivity contribution is 0.493. The quantitative estimate of drug-likeness (QED) is 0.561. The van der Waals surface area contributed by atoms with E-state index in [0.29, 0.717) is 5.96 Å². The van der Waals surface area contributed by atoms with Crippen LogP contribution in [0.5, 0.6) is 0 Å². The van der Waals surface area contributed by atoms with Crippen LogP contribution in [0.2, 0.25) is 0 Å². The number of aliphatic imine (C=N–C) groups is 2. The average molecular weight is 153 g/mol. The molecule has 3 nitrogen and oxygen atoms in total. The molecule has 0 saturated carbocycles. The molecule has 0 aromatic heterocycles. The molecular formula is C8H15N3. The minimum Gasteiger partial charge on any atom is -0.368 e. The van der Waals surface area contributed by atoms with Gasteiger partial charge in [0, 0.05) is 5.71 Å². The van der Waals surface area contributed by atoms with Crippen molar-refractivity contribution in [2.75, 3.05) is 0 Å². The van der Waals surface area contributed by atoms with Crippen LogP contribution in [0.1, 0.15) is 33.6 Å². The standard InChI is InChI=1S/C8H15N3/c1-6-4-5-8(2,3)11-7(9)10-6/h4-5H2,1-3H3,(H2,9,11). The SMILES string of the molecule is CC1=NC(N)=NC(C)(C)CC1. The van der Waals surface area contributed by atoms with Crippen LogP contribution >= 0.6 is 0 Å². The topological polar surface area (TPSA) is 50.7 Å². The third-order valence-electron chi connectivity index (χ3n) is 1.82. The van der Waals surface area contributed by atoms with Gasteiger partial charge in [-0.3, -0.25) is 0 Å². The second-order valence-electron chi connectivity index (χ2n) is 3.63. The van der Waals surface area contributed by atoms with Crippen LogP contribution in [0.25, 0.3) is 0 Å². The van der Waals surface area contributed by atoms with Gasteiger partial charge in [-0.15, -0.1) is 0 Å². The van der Waals surface area contributed by atoms with Crippen LogP contribution in [-0.4, -0.2) is 17.2 Å². The molecule has 1 heterocycles. The Morgan fingerprint density at radius 1 is 1.45 bits per heavy atom. The minimum atomic E-state index is -0.0364. The molecule has 1 rings (SSSR count). The van der Waals surface area contributed by atoms with Gasteiger partial charge in [-0.1, -0.05) is 0 Å². The first-order chi connectivity index (χ1) is 4.99. The zero-order valence-corrected chi connectivity index (χ0v) is 7.39. The Labute approximate surface area is 67.4 Å². The molecule has 0 radical (unpaired) electrons. The van der Waals surface area contributed by atoms with Gasteiger partial charge < -0.3 is 5.73 Å². The van der Waals surface area contributed by atoms with Crippen molar-refractivity contribution in [2.45, 2.75) is 39.2 Å². The molecule has 1 aliphatic rings. The Balaban J connectivity index is 2.85. The van der Waals surface area contributed by atoms with Crippen molar-refractivity contribution in [3.05, 3.63) is 0 Å². The second-order valence-corrected chi connectivity index (χ2v) is 3.63. The Kier molecular flexibility index (Phi) is 1.98. The van der Waals surface area contributed by atoms with Gasteiger partial charge >= 0.3 is 0 Å². The highest BCUT2D eigenvalue weighted by Crippen LogP contribution is 2.19. The molecule has 0 fully saturated rings. The van der Waals surface area contributed by atoms with E-state index in [-0.39, 0.29) is 5.54 Å². The van der Waals surface area contributed by atoms with Crippen LogP contribution in [-0.2, 0) is 0 Å². The fourth-order valence-corrected chi connectivity index (χ4v) is 1.13. The van der Waals surface area contributed by atoms with Crippen LogP contribution in [0.3, 0.4) is 0 Å². The minimum absolute atomic E-state index is 0.0364. The lowest BCUT2D eigenvalue weighted by Gasteiger charge is -2.16. The molecule has 0 aromatic carbocycles. The molecule has 0 bridgehead atoms. The molecule has 62 valence electrons. The molecular weight excluding hydrogens is 138 g/mol. The van der Waals surface area contributed by atoms with E-state index in [1.54, 1.807) is 0 Å². The number of hydrogen-bond acceptors (Lipinski definition) is 3. The van der Waals surface area contributed by atoms with Crippen LogP contribution in [0, 0.1) is 0 Å². The molecule has 11 heavy (non-hydrogen) atoms. The summed E-state index contributed by atoms with van der Waals surface area (Å²) in [5.74, 6) is 0.421. The lowest BCUT2D eigenvalue weighted by Crippen LogP contribution is -2.20. The molecule has 0 atom stereocenters. The second kappa shape index (κ2) is 2.64. The predicted molar refractivity (Wildman–Crippen MR) is 48.0 cm³/mol. The summed E-state index contributed by atoms with van der Waals surface area (Å²) >= 11 is 0. The highest BCUT2D eigenvalue weighted by molar-refractivity contribution is 5.96. The maximum absolute atomic E-state index is 5.56. The van der Waals surface area contributed by atoms with E-state index in [1.165, 1.54) is 0 Å². The van der Waals surface area contributed by atoms with Crippen molar-refractivity contribution < 1.29 is 0 Å². The zero-order chi connectivity index (χ0) is 8.48. The maximum atomic E-state index is 5.56. The molecule has 1 aliphatic heterocycles. The Hall–Kier alpha value is -0.860. The van der Waals surface area contributed by atoms with E-state index in [1.807, 2.05) is 6.92 Å². The van der Waals surface area contributed by atoms with Crippen LogP contribution < -0.4 is 5.73 Å². The van der Waals surface area contributed by atoms with E-state index in [4.69, 9.17) is 5.73 Å². The molecule has 0 aliphatic carbocycles. The lowest BCUT2D eigenvalue weighted by atomic mass is 9.98. The van der Waals surface area contributed by atoms with Crippen LogP contribution in [0.4, 0.5) is 0 Å². The molecule has 0 saturated heterocycles. The summed E-state index contributed by atoms with van der Waals surface area (Å²) in [4.78, 5) is 8.38. The highest BCUT2D eigenvalue weighted by atomic mass is 15.1. The summed E-state index contributed by atoms with van der Waals surface area (Å²) in [7, 11) is 0. The monoisotopic (exact) mass is 153 g/mol. The largest absolute Gasteiger partial charge is 0.368 e. The first-order valence-corrected chi connectivity index (χ1v) is 3.89. The fourth-order valence-electron chi connectivity index (χ4n) is 1.13. The summed E-state index contributed by atoms with van der Waals surface area (Å²) in [6.45, 7) is 6.14. The van der Waals surface area contributed by atoms with E-state index in [2.05, 4.69) is 23.8 Å². The van der Waals surface area contributed by atoms with Crippen molar-refractivity contribution in [1.29, 1.82) is 0 Å². The third-order valence-corrected chi connectivity index (χ3v) is 1.82. The third kappa shape index (κ3) is 2.33.